The Balaban J connectivity index is 1.41. The maximum Gasteiger partial charge on any atom is 0.410 e. The van der Waals surface area contributed by atoms with Crippen LogP contribution in [0.2, 0.25) is 0 Å². The van der Waals surface area contributed by atoms with E-state index in [1.807, 2.05) is 36.4 Å². The van der Waals surface area contributed by atoms with Gasteiger partial charge >= 0.3 is 6.09 Å². The van der Waals surface area contributed by atoms with Gasteiger partial charge in [-0.25, -0.2) is 4.79 Å². The van der Waals surface area contributed by atoms with Crippen molar-refractivity contribution in [3.63, 3.8) is 0 Å². The second-order valence-electron chi connectivity index (χ2n) is 8.96. The first kappa shape index (κ1) is 26.6. The molecule has 0 unspecified atom stereocenters. The Bertz CT molecular complexity index is 1280. The van der Waals surface area contributed by atoms with E-state index in [1.54, 1.807) is 20.2 Å². The fourth-order valence-corrected chi connectivity index (χ4v) is 4.68. The van der Waals surface area contributed by atoms with Crippen molar-refractivity contribution in [3.05, 3.63) is 83.4 Å². The molecule has 0 fully saturated rings. The second-order valence-corrected chi connectivity index (χ2v) is 8.96. The minimum Gasteiger partial charge on any atom is -0.496 e. The molecule has 7 nitrogen and oxygen atoms in total. The molecule has 0 aliphatic heterocycles. The van der Waals surface area contributed by atoms with E-state index in [9.17, 15) is 9.59 Å². The van der Waals surface area contributed by atoms with Gasteiger partial charge in [-0.3, -0.25) is 9.69 Å². The summed E-state index contributed by atoms with van der Waals surface area (Å²) in [6.07, 6.45) is 6.09. The number of ether oxygens (including phenoxy) is 3. The summed E-state index contributed by atoms with van der Waals surface area (Å²) in [5.74, 6) is 3.68. The fraction of sp³-hybridized carbons (Fsp3) is 0.290. The molecule has 0 heterocycles. The van der Waals surface area contributed by atoms with Crippen LogP contribution in [0.1, 0.15) is 35.4 Å². The molecular formula is C31H32N2O5. The average Bonchev–Trinajstić information content (AvgIpc) is 3.27. The minimum absolute atomic E-state index is 0.0247. The first-order valence-corrected chi connectivity index (χ1v) is 12.6. The predicted octanol–water partition coefficient (Wildman–Crippen LogP) is 4.98. The molecular weight excluding hydrogens is 480 g/mol. The topological polar surface area (TPSA) is 77.1 Å². The van der Waals surface area contributed by atoms with Crippen LogP contribution in [0.25, 0.3) is 11.1 Å². The van der Waals surface area contributed by atoms with Crippen molar-refractivity contribution < 1.29 is 23.8 Å². The molecule has 7 heteroatoms. The molecule has 1 N–H and O–H groups in total. The SMILES string of the molecule is C#CCN(Cc1ccc(OCCCC(=O)NC)cc1OC)C(=O)OCC1c2ccccc2-c2ccccc21. The van der Waals surface area contributed by atoms with E-state index >= 15 is 0 Å². The van der Waals surface area contributed by atoms with E-state index in [0.29, 0.717) is 30.9 Å². The number of carbonyl (C=O) groups is 2. The average molecular weight is 513 g/mol. The number of fused-ring (bicyclic) bond motifs is 3. The van der Waals surface area contributed by atoms with Gasteiger partial charge in [0, 0.05) is 31.0 Å². The van der Waals surface area contributed by atoms with Crippen LogP contribution in [0, 0.1) is 12.3 Å². The molecule has 0 aromatic heterocycles. The predicted molar refractivity (Wildman–Crippen MR) is 146 cm³/mol. The summed E-state index contributed by atoms with van der Waals surface area (Å²) in [7, 11) is 3.17. The number of amides is 2. The van der Waals surface area contributed by atoms with Gasteiger partial charge in [0.1, 0.15) is 18.1 Å². The Morgan fingerprint density at radius 3 is 2.34 bits per heavy atom. The summed E-state index contributed by atoms with van der Waals surface area (Å²) in [4.78, 5) is 26.0. The third-order valence-electron chi connectivity index (χ3n) is 6.59. The lowest BCUT2D eigenvalue weighted by atomic mass is 9.98. The first-order valence-electron chi connectivity index (χ1n) is 12.6. The monoisotopic (exact) mass is 512 g/mol. The molecule has 0 atom stereocenters. The molecule has 0 spiro atoms. The Kier molecular flexibility index (Phi) is 8.89. The van der Waals surface area contributed by atoms with Crippen molar-refractivity contribution in [2.24, 2.45) is 0 Å². The van der Waals surface area contributed by atoms with Gasteiger partial charge in [-0.15, -0.1) is 6.42 Å². The maximum absolute atomic E-state index is 13.1. The lowest BCUT2D eigenvalue weighted by molar-refractivity contribution is -0.120. The molecule has 2 amide bonds. The Labute approximate surface area is 223 Å². The fourth-order valence-electron chi connectivity index (χ4n) is 4.68. The molecule has 38 heavy (non-hydrogen) atoms. The summed E-state index contributed by atoms with van der Waals surface area (Å²) in [5.41, 5.74) is 5.42. The molecule has 3 aromatic rings. The highest BCUT2D eigenvalue weighted by molar-refractivity contribution is 5.79. The quantitative estimate of drug-likeness (QED) is 0.290. The number of methoxy groups -OCH3 is 1. The van der Waals surface area contributed by atoms with E-state index in [4.69, 9.17) is 20.6 Å². The molecule has 0 bridgehead atoms. The zero-order valence-corrected chi connectivity index (χ0v) is 21.7. The van der Waals surface area contributed by atoms with Crippen molar-refractivity contribution in [2.45, 2.75) is 25.3 Å². The van der Waals surface area contributed by atoms with E-state index in [2.05, 4.69) is 35.5 Å². The third-order valence-corrected chi connectivity index (χ3v) is 6.59. The van der Waals surface area contributed by atoms with Crippen LogP contribution >= 0.6 is 0 Å². The van der Waals surface area contributed by atoms with Crippen molar-refractivity contribution >= 4 is 12.0 Å². The molecule has 196 valence electrons. The first-order chi connectivity index (χ1) is 18.5. The number of terminal acetylenes is 1. The smallest absolute Gasteiger partial charge is 0.410 e. The number of carbonyl (C=O) groups excluding carboxylic acids is 2. The summed E-state index contributed by atoms with van der Waals surface area (Å²) in [6, 6.07) is 21.8. The molecule has 3 aromatic carbocycles. The molecule has 4 rings (SSSR count). The number of benzene rings is 3. The third kappa shape index (κ3) is 6.09. The molecule has 0 saturated carbocycles. The van der Waals surface area contributed by atoms with Crippen LogP contribution < -0.4 is 14.8 Å². The highest BCUT2D eigenvalue weighted by atomic mass is 16.6. The summed E-state index contributed by atoms with van der Waals surface area (Å²) in [6.45, 7) is 0.936. The zero-order valence-electron chi connectivity index (χ0n) is 21.7. The normalized spacial score (nSPS) is 11.6. The van der Waals surface area contributed by atoms with E-state index in [1.165, 1.54) is 16.0 Å². The van der Waals surface area contributed by atoms with Crippen molar-refractivity contribution in [1.29, 1.82) is 0 Å². The molecule has 1 aliphatic carbocycles. The van der Waals surface area contributed by atoms with Crippen LogP contribution in [0.15, 0.2) is 66.7 Å². The molecule has 0 radical (unpaired) electrons. The van der Waals surface area contributed by atoms with Crippen LogP contribution in [-0.2, 0) is 16.1 Å². The van der Waals surface area contributed by atoms with Gasteiger partial charge in [-0.05, 0) is 40.8 Å². The second kappa shape index (κ2) is 12.7. The summed E-state index contributed by atoms with van der Waals surface area (Å²) in [5, 5.41) is 2.59. The number of hydrogen-bond donors (Lipinski definition) is 1. The van der Waals surface area contributed by atoms with Crippen molar-refractivity contribution in [3.8, 4) is 35.0 Å². The highest BCUT2D eigenvalue weighted by Gasteiger charge is 2.29. The van der Waals surface area contributed by atoms with E-state index in [-0.39, 0.29) is 31.5 Å². The van der Waals surface area contributed by atoms with Gasteiger partial charge in [0.25, 0.3) is 0 Å². The van der Waals surface area contributed by atoms with Gasteiger partial charge in [0.05, 0.1) is 26.8 Å². The van der Waals surface area contributed by atoms with E-state index in [0.717, 1.165) is 16.7 Å². The minimum atomic E-state index is -0.485. The lowest BCUT2D eigenvalue weighted by Gasteiger charge is -2.23. The lowest BCUT2D eigenvalue weighted by Crippen LogP contribution is -2.32. The number of hydrogen-bond acceptors (Lipinski definition) is 5. The van der Waals surface area contributed by atoms with Gasteiger partial charge in [0.15, 0.2) is 0 Å². The molecule has 0 saturated heterocycles. The van der Waals surface area contributed by atoms with Crippen LogP contribution in [0.5, 0.6) is 11.5 Å². The van der Waals surface area contributed by atoms with E-state index < -0.39 is 6.09 Å². The standard InChI is InChI=1S/C31H32N2O5/c1-4-17-33(20-22-15-16-23(19-29(22)36-3)37-18-9-14-30(34)32-2)31(35)38-21-28-26-12-7-5-10-24(26)25-11-6-8-13-27(25)28/h1,5-8,10-13,15-16,19,28H,9,14,17-18,20-21H2,2-3H3,(H,32,34). The largest absolute Gasteiger partial charge is 0.496 e. The van der Waals surface area contributed by atoms with Gasteiger partial charge in [0.2, 0.25) is 5.91 Å². The van der Waals surface area contributed by atoms with Crippen molar-refractivity contribution in [2.75, 3.05) is 33.9 Å². The van der Waals surface area contributed by atoms with Crippen LogP contribution in [-0.4, -0.2) is 50.8 Å². The number of rotatable bonds is 11. The van der Waals surface area contributed by atoms with Crippen molar-refractivity contribution in [1.82, 2.24) is 10.2 Å². The summed E-state index contributed by atoms with van der Waals surface area (Å²) >= 11 is 0. The van der Waals surface area contributed by atoms with Gasteiger partial charge < -0.3 is 19.5 Å². The maximum atomic E-state index is 13.1. The number of nitrogens with zero attached hydrogens (tertiary/aromatic N) is 1. The highest BCUT2D eigenvalue weighted by Crippen LogP contribution is 2.44. The van der Waals surface area contributed by atoms with Crippen LogP contribution in [0.3, 0.4) is 0 Å². The van der Waals surface area contributed by atoms with Gasteiger partial charge in [-0.2, -0.15) is 0 Å². The van der Waals surface area contributed by atoms with Crippen LogP contribution in [0.4, 0.5) is 4.79 Å². The van der Waals surface area contributed by atoms with Gasteiger partial charge in [-0.1, -0.05) is 54.5 Å². The molecule has 1 aliphatic rings. The Morgan fingerprint density at radius 1 is 1.03 bits per heavy atom. The Morgan fingerprint density at radius 2 is 1.71 bits per heavy atom. The number of nitrogens with one attached hydrogen (secondary N) is 1. The zero-order chi connectivity index (χ0) is 26.9. The Hall–Kier alpha value is -4.44. The summed E-state index contributed by atoms with van der Waals surface area (Å²) < 4.78 is 17.1.